The standard InChI is InChI=1S/C13H22N2/c1-11(2)6-5-9-15(3)13-8-4-7-12(14)10-13/h4,7-8,10-11H,5-6,9,14H2,1-3H3. The Morgan fingerprint density at radius 2 is 2.07 bits per heavy atom. The van der Waals surface area contributed by atoms with Crippen molar-refractivity contribution in [1.29, 1.82) is 0 Å². The van der Waals surface area contributed by atoms with Gasteiger partial charge < -0.3 is 10.6 Å². The summed E-state index contributed by atoms with van der Waals surface area (Å²) in [5.41, 5.74) is 7.79. The number of anilines is 2. The molecule has 1 rings (SSSR count). The van der Waals surface area contributed by atoms with Crippen LogP contribution in [0.25, 0.3) is 0 Å². The van der Waals surface area contributed by atoms with Crippen LogP contribution in [-0.2, 0) is 0 Å². The molecule has 1 aromatic rings. The summed E-state index contributed by atoms with van der Waals surface area (Å²) in [7, 11) is 2.12. The van der Waals surface area contributed by atoms with Gasteiger partial charge in [0.25, 0.3) is 0 Å². The molecule has 0 fully saturated rings. The van der Waals surface area contributed by atoms with Crippen LogP contribution in [0.15, 0.2) is 24.3 Å². The maximum atomic E-state index is 5.75. The number of rotatable bonds is 5. The van der Waals surface area contributed by atoms with E-state index < -0.39 is 0 Å². The maximum absolute atomic E-state index is 5.75. The Labute approximate surface area is 93.1 Å². The van der Waals surface area contributed by atoms with E-state index in [1.54, 1.807) is 0 Å². The van der Waals surface area contributed by atoms with Gasteiger partial charge in [-0.1, -0.05) is 19.9 Å². The summed E-state index contributed by atoms with van der Waals surface area (Å²) in [4.78, 5) is 2.26. The number of hydrogen-bond acceptors (Lipinski definition) is 2. The minimum Gasteiger partial charge on any atom is -0.399 e. The average Bonchev–Trinajstić information content (AvgIpc) is 2.17. The van der Waals surface area contributed by atoms with Crippen LogP contribution in [-0.4, -0.2) is 13.6 Å². The highest BCUT2D eigenvalue weighted by Gasteiger charge is 2.01. The first-order chi connectivity index (χ1) is 7.09. The second-order valence-corrected chi connectivity index (χ2v) is 4.55. The van der Waals surface area contributed by atoms with Crippen molar-refractivity contribution in [2.45, 2.75) is 26.7 Å². The van der Waals surface area contributed by atoms with E-state index in [0.717, 1.165) is 18.2 Å². The lowest BCUT2D eigenvalue weighted by Crippen LogP contribution is -2.18. The number of nitrogens with zero attached hydrogens (tertiary/aromatic N) is 1. The summed E-state index contributed by atoms with van der Waals surface area (Å²) in [6.45, 7) is 5.63. The van der Waals surface area contributed by atoms with Crippen molar-refractivity contribution in [3.8, 4) is 0 Å². The summed E-state index contributed by atoms with van der Waals surface area (Å²) < 4.78 is 0. The van der Waals surface area contributed by atoms with Gasteiger partial charge in [0, 0.05) is 25.0 Å². The monoisotopic (exact) mass is 206 g/mol. The normalized spacial score (nSPS) is 10.7. The van der Waals surface area contributed by atoms with Gasteiger partial charge in [0.15, 0.2) is 0 Å². The topological polar surface area (TPSA) is 29.3 Å². The van der Waals surface area contributed by atoms with Gasteiger partial charge in [-0.05, 0) is 37.0 Å². The van der Waals surface area contributed by atoms with Crippen molar-refractivity contribution in [3.63, 3.8) is 0 Å². The van der Waals surface area contributed by atoms with E-state index in [1.165, 1.54) is 18.5 Å². The molecule has 0 aliphatic carbocycles. The number of nitrogens with two attached hydrogens (primary N) is 1. The highest BCUT2D eigenvalue weighted by Crippen LogP contribution is 2.16. The Bertz CT molecular complexity index is 294. The van der Waals surface area contributed by atoms with Gasteiger partial charge in [-0.3, -0.25) is 0 Å². The van der Waals surface area contributed by atoms with Crippen LogP contribution in [0.1, 0.15) is 26.7 Å². The Hall–Kier alpha value is -1.18. The summed E-state index contributed by atoms with van der Waals surface area (Å²) in [5.74, 6) is 0.791. The molecule has 0 saturated carbocycles. The molecular formula is C13H22N2. The van der Waals surface area contributed by atoms with Crippen molar-refractivity contribution in [2.24, 2.45) is 5.92 Å². The second kappa shape index (κ2) is 5.64. The highest BCUT2D eigenvalue weighted by atomic mass is 15.1. The van der Waals surface area contributed by atoms with Gasteiger partial charge in [-0.15, -0.1) is 0 Å². The lowest BCUT2D eigenvalue weighted by Gasteiger charge is -2.20. The minimum atomic E-state index is 0.791. The third-order valence-corrected chi connectivity index (χ3v) is 2.59. The third-order valence-electron chi connectivity index (χ3n) is 2.59. The first kappa shape index (κ1) is 11.9. The average molecular weight is 206 g/mol. The van der Waals surface area contributed by atoms with Crippen LogP contribution in [0.5, 0.6) is 0 Å². The SMILES string of the molecule is CC(C)CCCN(C)c1cccc(N)c1. The van der Waals surface area contributed by atoms with Gasteiger partial charge in [-0.25, -0.2) is 0 Å². The molecule has 0 unspecified atom stereocenters. The third kappa shape index (κ3) is 4.24. The molecule has 2 N–H and O–H groups in total. The predicted molar refractivity (Wildman–Crippen MR) is 68.2 cm³/mol. The van der Waals surface area contributed by atoms with Crippen molar-refractivity contribution in [2.75, 3.05) is 24.2 Å². The van der Waals surface area contributed by atoms with E-state index >= 15 is 0 Å². The van der Waals surface area contributed by atoms with E-state index in [4.69, 9.17) is 5.73 Å². The smallest absolute Gasteiger partial charge is 0.0384 e. The van der Waals surface area contributed by atoms with Gasteiger partial charge >= 0.3 is 0 Å². The maximum Gasteiger partial charge on any atom is 0.0384 e. The van der Waals surface area contributed by atoms with E-state index in [0.29, 0.717) is 0 Å². The Morgan fingerprint density at radius 1 is 1.33 bits per heavy atom. The Kier molecular flexibility index (Phi) is 4.47. The van der Waals surface area contributed by atoms with Crippen molar-refractivity contribution >= 4 is 11.4 Å². The van der Waals surface area contributed by atoms with Crippen LogP contribution >= 0.6 is 0 Å². The zero-order valence-electron chi connectivity index (χ0n) is 10.0. The molecular weight excluding hydrogens is 184 g/mol. The molecule has 0 atom stereocenters. The van der Waals surface area contributed by atoms with Gasteiger partial charge in [0.1, 0.15) is 0 Å². The van der Waals surface area contributed by atoms with E-state index in [9.17, 15) is 0 Å². The van der Waals surface area contributed by atoms with Gasteiger partial charge in [0.05, 0.1) is 0 Å². The van der Waals surface area contributed by atoms with Gasteiger partial charge in [-0.2, -0.15) is 0 Å². The van der Waals surface area contributed by atoms with Crippen molar-refractivity contribution in [3.05, 3.63) is 24.3 Å². The first-order valence-corrected chi connectivity index (χ1v) is 5.66. The van der Waals surface area contributed by atoms with Gasteiger partial charge in [0.2, 0.25) is 0 Å². The number of hydrogen-bond donors (Lipinski definition) is 1. The molecule has 0 heterocycles. The molecule has 0 spiro atoms. The fourth-order valence-electron chi connectivity index (χ4n) is 1.63. The quantitative estimate of drug-likeness (QED) is 0.750. The molecule has 0 bridgehead atoms. The Balaban J connectivity index is 2.43. The van der Waals surface area contributed by atoms with Crippen LogP contribution in [0, 0.1) is 5.92 Å². The molecule has 0 aliphatic heterocycles. The zero-order valence-corrected chi connectivity index (χ0v) is 10.0. The minimum absolute atomic E-state index is 0.791. The van der Waals surface area contributed by atoms with E-state index in [-0.39, 0.29) is 0 Å². The molecule has 0 aliphatic rings. The molecule has 0 saturated heterocycles. The lowest BCUT2D eigenvalue weighted by atomic mass is 10.1. The molecule has 15 heavy (non-hydrogen) atoms. The van der Waals surface area contributed by atoms with E-state index in [2.05, 4.69) is 31.9 Å². The molecule has 2 nitrogen and oxygen atoms in total. The summed E-state index contributed by atoms with van der Waals surface area (Å²) in [6, 6.07) is 8.05. The fraction of sp³-hybridized carbons (Fsp3) is 0.538. The van der Waals surface area contributed by atoms with Crippen molar-refractivity contribution < 1.29 is 0 Å². The van der Waals surface area contributed by atoms with Crippen LogP contribution in [0.3, 0.4) is 0 Å². The van der Waals surface area contributed by atoms with E-state index in [1.807, 2.05) is 18.2 Å². The van der Waals surface area contributed by atoms with Crippen LogP contribution < -0.4 is 10.6 Å². The van der Waals surface area contributed by atoms with Crippen molar-refractivity contribution in [1.82, 2.24) is 0 Å². The fourth-order valence-corrected chi connectivity index (χ4v) is 1.63. The summed E-state index contributed by atoms with van der Waals surface area (Å²) >= 11 is 0. The van der Waals surface area contributed by atoms with Crippen LogP contribution in [0.4, 0.5) is 11.4 Å². The molecule has 0 aromatic heterocycles. The summed E-state index contributed by atoms with van der Waals surface area (Å²) in [6.07, 6.45) is 2.52. The predicted octanol–water partition coefficient (Wildman–Crippen LogP) is 3.14. The summed E-state index contributed by atoms with van der Waals surface area (Å²) in [5, 5.41) is 0. The molecule has 0 radical (unpaired) electrons. The molecule has 1 aromatic carbocycles. The number of nitrogen functional groups attached to an aromatic ring is 1. The molecule has 0 amide bonds. The Morgan fingerprint density at radius 3 is 2.67 bits per heavy atom. The zero-order chi connectivity index (χ0) is 11.3. The first-order valence-electron chi connectivity index (χ1n) is 5.66. The van der Waals surface area contributed by atoms with Crippen LogP contribution in [0.2, 0.25) is 0 Å². The second-order valence-electron chi connectivity index (χ2n) is 4.55. The highest BCUT2D eigenvalue weighted by molar-refractivity contribution is 5.55. The molecule has 2 heteroatoms. The number of benzene rings is 1. The molecule has 84 valence electrons. The largest absolute Gasteiger partial charge is 0.399 e. The lowest BCUT2D eigenvalue weighted by molar-refractivity contribution is 0.556.